The van der Waals surface area contributed by atoms with Crippen LogP contribution < -0.4 is 10.6 Å². The van der Waals surface area contributed by atoms with E-state index in [1.54, 1.807) is 0 Å². The lowest BCUT2D eigenvalue weighted by Crippen LogP contribution is -2.62. The SMILES string of the molecule is CC(C)CC(NC(=O)C1(NC(=O)C#CCN2CCOCC2)CCCCC1)C(=O)c1nnc(SC(C)C)o1. The topological polar surface area (TPSA) is 127 Å². The Hall–Kier alpha value is -2.42. The van der Waals surface area contributed by atoms with Gasteiger partial charge < -0.3 is 19.8 Å². The molecule has 11 heteroatoms. The molecule has 1 aromatic heterocycles. The van der Waals surface area contributed by atoms with Gasteiger partial charge in [0.1, 0.15) is 5.54 Å². The van der Waals surface area contributed by atoms with Gasteiger partial charge in [-0.15, -0.1) is 10.2 Å². The van der Waals surface area contributed by atoms with Crippen molar-refractivity contribution < 1.29 is 23.5 Å². The summed E-state index contributed by atoms with van der Waals surface area (Å²) < 4.78 is 10.9. The second-order valence-electron chi connectivity index (χ2n) is 10.3. The van der Waals surface area contributed by atoms with Gasteiger partial charge in [0, 0.05) is 18.3 Å². The number of ketones is 1. The third-order valence-corrected chi connectivity index (χ3v) is 7.22. The molecule has 0 bridgehead atoms. The number of nitrogens with zero attached hydrogens (tertiary/aromatic N) is 3. The molecule has 2 amide bonds. The fraction of sp³-hybridized carbons (Fsp3) is 0.731. The molecular weight excluding hydrogens is 494 g/mol. The number of carbonyl (C=O) groups is 3. The summed E-state index contributed by atoms with van der Waals surface area (Å²) in [5, 5.41) is 14.2. The molecule has 1 aliphatic carbocycles. The van der Waals surface area contributed by atoms with Gasteiger partial charge in [-0.05, 0) is 31.1 Å². The minimum absolute atomic E-state index is 0.121. The summed E-state index contributed by atoms with van der Waals surface area (Å²) in [7, 11) is 0. The van der Waals surface area contributed by atoms with E-state index in [9.17, 15) is 14.4 Å². The summed E-state index contributed by atoms with van der Waals surface area (Å²) in [5.41, 5.74) is -1.11. The van der Waals surface area contributed by atoms with Crippen LogP contribution in [0, 0.1) is 17.8 Å². The number of hydrogen-bond donors (Lipinski definition) is 2. The summed E-state index contributed by atoms with van der Waals surface area (Å²) in [6, 6.07) is -0.840. The Kier molecular flexibility index (Phi) is 11.0. The number of morpholine rings is 1. The van der Waals surface area contributed by atoms with Crippen LogP contribution in [0.2, 0.25) is 0 Å². The molecule has 1 saturated heterocycles. The molecule has 1 aliphatic heterocycles. The number of thioether (sulfide) groups is 1. The monoisotopic (exact) mass is 533 g/mol. The quantitative estimate of drug-likeness (QED) is 0.265. The molecule has 204 valence electrons. The molecule has 37 heavy (non-hydrogen) atoms. The molecule has 10 nitrogen and oxygen atoms in total. The number of Topliss-reactive ketones (excluding diaryl/α,β-unsaturated/α-hetero) is 1. The van der Waals surface area contributed by atoms with Crippen molar-refractivity contribution in [2.45, 2.75) is 88.3 Å². The van der Waals surface area contributed by atoms with Gasteiger partial charge in [-0.1, -0.05) is 64.6 Å². The Morgan fingerprint density at radius 1 is 1.08 bits per heavy atom. The van der Waals surface area contributed by atoms with E-state index >= 15 is 0 Å². The Bertz CT molecular complexity index is 987. The summed E-state index contributed by atoms with van der Waals surface area (Å²) in [5.74, 6) is 4.29. The van der Waals surface area contributed by atoms with Gasteiger partial charge in [0.05, 0.1) is 25.8 Å². The molecule has 1 aromatic rings. The van der Waals surface area contributed by atoms with Crippen molar-refractivity contribution in [3.05, 3.63) is 5.89 Å². The summed E-state index contributed by atoms with van der Waals surface area (Å²) in [4.78, 5) is 41.8. The lowest BCUT2D eigenvalue weighted by atomic mass is 9.80. The molecule has 0 radical (unpaired) electrons. The van der Waals surface area contributed by atoms with E-state index < -0.39 is 23.3 Å². The van der Waals surface area contributed by atoms with Crippen LogP contribution >= 0.6 is 11.8 Å². The van der Waals surface area contributed by atoms with Crippen LogP contribution in [0.3, 0.4) is 0 Å². The first-order valence-electron chi connectivity index (χ1n) is 13.1. The molecule has 1 unspecified atom stereocenters. The molecule has 1 saturated carbocycles. The van der Waals surface area contributed by atoms with E-state index in [4.69, 9.17) is 9.15 Å². The molecule has 2 fully saturated rings. The van der Waals surface area contributed by atoms with Gasteiger partial charge in [0.15, 0.2) is 0 Å². The first kappa shape index (κ1) is 29.1. The van der Waals surface area contributed by atoms with E-state index in [1.807, 2.05) is 27.7 Å². The van der Waals surface area contributed by atoms with Crippen LogP contribution in [-0.4, -0.2) is 82.4 Å². The van der Waals surface area contributed by atoms with Crippen LogP contribution in [0.4, 0.5) is 0 Å². The van der Waals surface area contributed by atoms with Gasteiger partial charge in [-0.25, -0.2) is 0 Å². The van der Waals surface area contributed by atoms with E-state index in [0.29, 0.717) is 44.2 Å². The van der Waals surface area contributed by atoms with Crippen LogP contribution in [0.25, 0.3) is 0 Å². The molecule has 3 rings (SSSR count). The maximum absolute atomic E-state index is 13.6. The maximum atomic E-state index is 13.6. The Labute approximate surface area is 223 Å². The van der Waals surface area contributed by atoms with Crippen molar-refractivity contribution >= 4 is 29.4 Å². The number of ether oxygens (including phenoxy) is 1. The van der Waals surface area contributed by atoms with E-state index in [0.717, 1.165) is 32.4 Å². The van der Waals surface area contributed by atoms with Crippen LogP contribution in [0.15, 0.2) is 9.64 Å². The number of aromatic nitrogens is 2. The number of nitrogens with one attached hydrogen (secondary N) is 2. The second-order valence-corrected chi connectivity index (χ2v) is 11.9. The normalized spacial score (nSPS) is 18.6. The maximum Gasteiger partial charge on any atom is 0.296 e. The summed E-state index contributed by atoms with van der Waals surface area (Å²) >= 11 is 1.37. The lowest BCUT2D eigenvalue weighted by Gasteiger charge is -2.37. The van der Waals surface area contributed by atoms with Crippen LogP contribution in [-0.2, 0) is 14.3 Å². The highest BCUT2D eigenvalue weighted by atomic mass is 32.2. The lowest BCUT2D eigenvalue weighted by molar-refractivity contribution is -0.133. The van der Waals surface area contributed by atoms with E-state index in [1.165, 1.54) is 11.8 Å². The Balaban J connectivity index is 1.70. The molecule has 2 N–H and O–H groups in total. The Morgan fingerprint density at radius 2 is 1.78 bits per heavy atom. The number of hydrogen-bond acceptors (Lipinski definition) is 9. The molecule has 0 aromatic carbocycles. The van der Waals surface area contributed by atoms with Crippen molar-refractivity contribution in [2.75, 3.05) is 32.8 Å². The first-order valence-corrected chi connectivity index (χ1v) is 14.0. The number of amides is 2. The zero-order valence-corrected chi connectivity index (χ0v) is 23.1. The van der Waals surface area contributed by atoms with E-state index in [-0.39, 0.29) is 23.0 Å². The fourth-order valence-electron chi connectivity index (χ4n) is 4.51. The molecular formula is C26H39N5O5S. The van der Waals surface area contributed by atoms with Crippen LogP contribution in [0.5, 0.6) is 0 Å². The second kappa shape index (κ2) is 13.9. The standard InChI is InChI=1S/C26H39N5O5S/c1-18(2)17-20(22(33)23-29-30-25(36-23)37-19(3)4)27-24(34)26(10-6-5-7-11-26)28-21(32)9-8-12-31-13-15-35-16-14-31/h18-20H,5-7,10-17H2,1-4H3,(H,27,34)(H,28,32). The van der Waals surface area contributed by atoms with Gasteiger partial charge in [-0.3, -0.25) is 19.3 Å². The molecule has 1 atom stereocenters. The van der Waals surface area contributed by atoms with Gasteiger partial charge in [0.25, 0.3) is 17.0 Å². The van der Waals surface area contributed by atoms with Crippen LogP contribution in [0.1, 0.15) is 76.9 Å². The molecule has 0 spiro atoms. The molecule has 2 aliphatic rings. The minimum Gasteiger partial charge on any atom is -0.408 e. The predicted molar refractivity (Wildman–Crippen MR) is 140 cm³/mol. The first-order chi connectivity index (χ1) is 17.7. The van der Waals surface area contributed by atoms with Crippen molar-refractivity contribution in [1.29, 1.82) is 0 Å². The molecule has 2 heterocycles. The van der Waals surface area contributed by atoms with Gasteiger partial charge >= 0.3 is 0 Å². The zero-order chi connectivity index (χ0) is 26.8. The number of rotatable bonds is 10. The van der Waals surface area contributed by atoms with Crippen molar-refractivity contribution in [2.24, 2.45) is 5.92 Å². The minimum atomic E-state index is -1.11. The summed E-state index contributed by atoms with van der Waals surface area (Å²) in [6.07, 6.45) is 3.99. The number of carbonyl (C=O) groups excluding carboxylic acids is 3. The highest BCUT2D eigenvalue weighted by Gasteiger charge is 2.42. The third kappa shape index (κ3) is 8.83. The van der Waals surface area contributed by atoms with Crippen molar-refractivity contribution in [3.8, 4) is 11.8 Å². The average Bonchev–Trinajstić information content (AvgIpc) is 3.31. The Morgan fingerprint density at radius 3 is 2.43 bits per heavy atom. The highest BCUT2D eigenvalue weighted by molar-refractivity contribution is 7.99. The van der Waals surface area contributed by atoms with Crippen molar-refractivity contribution in [1.82, 2.24) is 25.7 Å². The summed E-state index contributed by atoms with van der Waals surface area (Å²) in [6.45, 7) is 11.3. The smallest absolute Gasteiger partial charge is 0.296 e. The fourth-order valence-corrected chi connectivity index (χ4v) is 5.13. The third-order valence-electron chi connectivity index (χ3n) is 6.39. The zero-order valence-electron chi connectivity index (χ0n) is 22.3. The van der Waals surface area contributed by atoms with Crippen molar-refractivity contribution in [3.63, 3.8) is 0 Å². The average molecular weight is 534 g/mol. The van der Waals surface area contributed by atoms with E-state index in [2.05, 4.69) is 37.6 Å². The predicted octanol–water partition coefficient (Wildman–Crippen LogP) is 2.44. The highest BCUT2D eigenvalue weighted by Crippen LogP contribution is 2.29. The van der Waals surface area contributed by atoms with Gasteiger partial charge in [0.2, 0.25) is 11.7 Å². The van der Waals surface area contributed by atoms with Gasteiger partial charge in [-0.2, -0.15) is 0 Å². The largest absolute Gasteiger partial charge is 0.408 e.